The van der Waals surface area contributed by atoms with Crippen LogP contribution in [0, 0.1) is 0 Å². The molecule has 0 radical (unpaired) electrons. The van der Waals surface area contributed by atoms with Gasteiger partial charge in [-0.15, -0.1) is 0 Å². The Labute approximate surface area is 138 Å². The first kappa shape index (κ1) is 19.3. The monoisotopic (exact) mass is 306 g/mol. The average Bonchev–Trinajstić information content (AvgIpc) is 2.97. The molecule has 22 heavy (non-hydrogen) atoms. The van der Waals surface area contributed by atoms with E-state index in [-0.39, 0.29) is 0 Å². The fourth-order valence-corrected chi connectivity index (χ4v) is 3.07. The quantitative estimate of drug-likeness (QED) is 0.336. The standard InChI is InChI=1S/C20H38N2/c1-3-5-7-9-10-11-13-15-18-22-19-17-21-20(22)16-14-12-8-6-4-2/h17,19H,3-16,18H2,1-2H3. The second-order valence-corrected chi connectivity index (χ2v) is 6.68. The maximum Gasteiger partial charge on any atom is 0.108 e. The van der Waals surface area contributed by atoms with Crippen molar-refractivity contribution in [2.24, 2.45) is 0 Å². The van der Waals surface area contributed by atoms with Gasteiger partial charge in [-0.25, -0.2) is 4.98 Å². The van der Waals surface area contributed by atoms with Gasteiger partial charge < -0.3 is 4.57 Å². The Morgan fingerprint density at radius 3 is 1.91 bits per heavy atom. The number of aryl methyl sites for hydroxylation is 2. The molecule has 1 aromatic rings. The molecule has 2 heteroatoms. The van der Waals surface area contributed by atoms with Crippen molar-refractivity contribution in [2.45, 2.75) is 110 Å². The van der Waals surface area contributed by atoms with E-state index < -0.39 is 0 Å². The van der Waals surface area contributed by atoms with Gasteiger partial charge in [0.15, 0.2) is 0 Å². The summed E-state index contributed by atoms with van der Waals surface area (Å²) in [5.41, 5.74) is 0. The Morgan fingerprint density at radius 2 is 1.27 bits per heavy atom. The number of unbranched alkanes of at least 4 members (excludes halogenated alkanes) is 11. The molecular weight excluding hydrogens is 268 g/mol. The fourth-order valence-electron chi connectivity index (χ4n) is 3.07. The lowest BCUT2D eigenvalue weighted by molar-refractivity contribution is 0.529. The maximum atomic E-state index is 4.55. The van der Waals surface area contributed by atoms with Crippen LogP contribution in [0.3, 0.4) is 0 Å². The first-order valence-corrected chi connectivity index (χ1v) is 9.88. The zero-order valence-electron chi connectivity index (χ0n) is 15.2. The van der Waals surface area contributed by atoms with E-state index in [1.54, 1.807) is 0 Å². The Balaban J connectivity index is 2.04. The van der Waals surface area contributed by atoms with Crippen LogP contribution in [0.5, 0.6) is 0 Å². The highest BCUT2D eigenvalue weighted by Gasteiger charge is 2.02. The topological polar surface area (TPSA) is 17.8 Å². The molecule has 1 heterocycles. The highest BCUT2D eigenvalue weighted by Crippen LogP contribution is 2.11. The number of hydrogen-bond acceptors (Lipinski definition) is 1. The second kappa shape index (κ2) is 13.8. The van der Waals surface area contributed by atoms with Crippen LogP contribution in [0.25, 0.3) is 0 Å². The number of nitrogens with zero attached hydrogens (tertiary/aromatic N) is 2. The van der Waals surface area contributed by atoms with Crippen LogP contribution in [-0.2, 0) is 13.0 Å². The molecule has 0 atom stereocenters. The molecule has 0 saturated carbocycles. The van der Waals surface area contributed by atoms with Gasteiger partial charge in [-0.2, -0.15) is 0 Å². The molecule has 0 amide bonds. The molecule has 1 aromatic heterocycles. The summed E-state index contributed by atoms with van der Waals surface area (Å²) in [4.78, 5) is 4.55. The van der Waals surface area contributed by atoms with E-state index in [0.29, 0.717) is 0 Å². The first-order valence-electron chi connectivity index (χ1n) is 9.88. The molecule has 128 valence electrons. The molecule has 1 rings (SSSR count). The molecule has 0 aromatic carbocycles. The largest absolute Gasteiger partial charge is 0.335 e. The molecule has 0 aliphatic carbocycles. The number of rotatable bonds is 15. The highest BCUT2D eigenvalue weighted by atomic mass is 15.1. The Morgan fingerprint density at radius 1 is 0.727 bits per heavy atom. The Bertz CT molecular complexity index is 343. The number of hydrogen-bond donors (Lipinski definition) is 0. The molecule has 0 spiro atoms. The summed E-state index contributed by atoms with van der Waals surface area (Å²) >= 11 is 0. The second-order valence-electron chi connectivity index (χ2n) is 6.68. The predicted octanol–water partition coefficient (Wildman–Crippen LogP) is 6.54. The van der Waals surface area contributed by atoms with Crippen molar-refractivity contribution in [1.82, 2.24) is 9.55 Å². The Kier molecular flexibility index (Phi) is 12.1. The van der Waals surface area contributed by atoms with E-state index in [2.05, 4.69) is 29.6 Å². The molecule has 2 nitrogen and oxygen atoms in total. The molecule has 0 N–H and O–H groups in total. The highest BCUT2D eigenvalue weighted by molar-refractivity contribution is 4.92. The molecular formula is C20H38N2. The third kappa shape index (κ3) is 9.27. The zero-order valence-corrected chi connectivity index (χ0v) is 15.2. The normalized spacial score (nSPS) is 11.2. The van der Waals surface area contributed by atoms with Crippen LogP contribution in [0.15, 0.2) is 12.4 Å². The van der Waals surface area contributed by atoms with Crippen molar-refractivity contribution >= 4 is 0 Å². The van der Waals surface area contributed by atoms with Gasteiger partial charge in [-0.3, -0.25) is 0 Å². The van der Waals surface area contributed by atoms with Crippen molar-refractivity contribution in [1.29, 1.82) is 0 Å². The van der Waals surface area contributed by atoms with E-state index in [1.807, 2.05) is 6.20 Å². The lowest BCUT2D eigenvalue weighted by Gasteiger charge is -2.08. The van der Waals surface area contributed by atoms with Gasteiger partial charge >= 0.3 is 0 Å². The van der Waals surface area contributed by atoms with Crippen molar-refractivity contribution in [3.8, 4) is 0 Å². The molecule has 0 aliphatic rings. The lowest BCUT2D eigenvalue weighted by atomic mass is 10.1. The summed E-state index contributed by atoms with van der Waals surface area (Å²) in [6.07, 6.45) is 23.2. The third-order valence-electron chi connectivity index (χ3n) is 4.56. The summed E-state index contributed by atoms with van der Waals surface area (Å²) in [5, 5.41) is 0. The van der Waals surface area contributed by atoms with Crippen molar-refractivity contribution in [2.75, 3.05) is 0 Å². The van der Waals surface area contributed by atoms with Gasteiger partial charge in [-0.1, -0.05) is 84.5 Å². The van der Waals surface area contributed by atoms with E-state index in [1.165, 1.54) is 95.8 Å². The molecule has 0 aliphatic heterocycles. The van der Waals surface area contributed by atoms with Gasteiger partial charge in [0.1, 0.15) is 5.82 Å². The van der Waals surface area contributed by atoms with Crippen LogP contribution in [-0.4, -0.2) is 9.55 Å². The van der Waals surface area contributed by atoms with Crippen LogP contribution < -0.4 is 0 Å². The summed E-state index contributed by atoms with van der Waals surface area (Å²) < 4.78 is 2.39. The fraction of sp³-hybridized carbons (Fsp3) is 0.850. The average molecular weight is 307 g/mol. The van der Waals surface area contributed by atoms with Crippen molar-refractivity contribution in [3.63, 3.8) is 0 Å². The molecule has 0 fully saturated rings. The summed E-state index contributed by atoms with van der Waals surface area (Å²) in [7, 11) is 0. The van der Waals surface area contributed by atoms with Crippen LogP contribution in [0.1, 0.15) is 103 Å². The smallest absolute Gasteiger partial charge is 0.108 e. The Hall–Kier alpha value is -0.790. The molecule has 0 saturated heterocycles. The SMILES string of the molecule is CCCCCCCCCCn1ccnc1CCCCCCC. The van der Waals surface area contributed by atoms with Gasteiger partial charge in [0, 0.05) is 25.4 Å². The minimum atomic E-state index is 1.16. The minimum Gasteiger partial charge on any atom is -0.335 e. The minimum absolute atomic E-state index is 1.16. The van der Waals surface area contributed by atoms with Gasteiger partial charge in [-0.05, 0) is 12.8 Å². The number of aromatic nitrogens is 2. The summed E-state index contributed by atoms with van der Waals surface area (Å²) in [6.45, 7) is 5.72. The number of imidazole rings is 1. The van der Waals surface area contributed by atoms with Crippen molar-refractivity contribution < 1.29 is 0 Å². The maximum absolute atomic E-state index is 4.55. The molecule has 0 bridgehead atoms. The van der Waals surface area contributed by atoms with E-state index in [9.17, 15) is 0 Å². The van der Waals surface area contributed by atoms with E-state index in [4.69, 9.17) is 0 Å². The van der Waals surface area contributed by atoms with Crippen LogP contribution in [0.2, 0.25) is 0 Å². The van der Waals surface area contributed by atoms with Gasteiger partial charge in [0.2, 0.25) is 0 Å². The van der Waals surface area contributed by atoms with E-state index >= 15 is 0 Å². The molecule has 0 unspecified atom stereocenters. The first-order chi connectivity index (χ1) is 10.9. The van der Waals surface area contributed by atoms with Crippen LogP contribution in [0.4, 0.5) is 0 Å². The zero-order chi connectivity index (χ0) is 15.9. The van der Waals surface area contributed by atoms with E-state index in [0.717, 1.165) is 6.42 Å². The summed E-state index contributed by atoms with van der Waals surface area (Å²) in [5.74, 6) is 1.31. The third-order valence-corrected chi connectivity index (χ3v) is 4.56. The van der Waals surface area contributed by atoms with Gasteiger partial charge in [0.25, 0.3) is 0 Å². The predicted molar refractivity (Wildman–Crippen MR) is 97.3 cm³/mol. The van der Waals surface area contributed by atoms with Crippen LogP contribution >= 0.6 is 0 Å². The van der Waals surface area contributed by atoms with Crippen molar-refractivity contribution in [3.05, 3.63) is 18.2 Å². The lowest BCUT2D eigenvalue weighted by Crippen LogP contribution is -2.03. The van der Waals surface area contributed by atoms with Gasteiger partial charge in [0.05, 0.1) is 0 Å². The summed E-state index contributed by atoms with van der Waals surface area (Å²) in [6, 6.07) is 0.